The first-order chi connectivity index (χ1) is 6.95. The van der Waals surface area contributed by atoms with E-state index in [0.717, 1.165) is 5.56 Å². The van der Waals surface area contributed by atoms with Crippen molar-refractivity contribution in [2.75, 3.05) is 13.2 Å². The Hall–Kier alpha value is -1.09. The summed E-state index contributed by atoms with van der Waals surface area (Å²) in [6.45, 7) is 6.86. The van der Waals surface area contributed by atoms with Crippen molar-refractivity contribution in [1.82, 2.24) is 0 Å². The summed E-state index contributed by atoms with van der Waals surface area (Å²) in [4.78, 5) is 0. The maximum atomic E-state index is 13.5. The highest BCUT2D eigenvalue weighted by Gasteiger charge is 2.15. The van der Waals surface area contributed by atoms with E-state index in [0.29, 0.717) is 13.2 Å². The van der Waals surface area contributed by atoms with E-state index in [-0.39, 0.29) is 17.0 Å². The summed E-state index contributed by atoms with van der Waals surface area (Å²) in [5.41, 5.74) is 6.19. The van der Waals surface area contributed by atoms with Crippen molar-refractivity contribution in [3.63, 3.8) is 0 Å². The van der Waals surface area contributed by atoms with E-state index in [1.165, 1.54) is 6.07 Å². The van der Waals surface area contributed by atoms with Crippen LogP contribution >= 0.6 is 0 Å². The van der Waals surface area contributed by atoms with E-state index in [1.807, 2.05) is 26.8 Å². The molecule has 0 atom stereocenters. The van der Waals surface area contributed by atoms with Gasteiger partial charge in [-0.15, -0.1) is 0 Å². The van der Waals surface area contributed by atoms with Crippen molar-refractivity contribution >= 4 is 0 Å². The number of nitrogens with two attached hydrogens (primary N) is 1. The summed E-state index contributed by atoms with van der Waals surface area (Å²) in [6, 6.07) is 5.06. The van der Waals surface area contributed by atoms with Crippen LogP contribution in [-0.4, -0.2) is 13.2 Å². The monoisotopic (exact) mass is 211 g/mol. The van der Waals surface area contributed by atoms with Gasteiger partial charge in [-0.3, -0.25) is 0 Å². The van der Waals surface area contributed by atoms with Gasteiger partial charge in [-0.05, 0) is 23.1 Å². The van der Waals surface area contributed by atoms with Crippen molar-refractivity contribution in [2.45, 2.75) is 26.2 Å². The first kappa shape index (κ1) is 12.0. The van der Waals surface area contributed by atoms with Gasteiger partial charge in [-0.1, -0.05) is 26.8 Å². The highest BCUT2D eigenvalue weighted by Crippen LogP contribution is 2.26. The molecule has 84 valence electrons. The minimum absolute atomic E-state index is 0.0484. The summed E-state index contributed by atoms with van der Waals surface area (Å²) < 4.78 is 18.7. The SMILES string of the molecule is CC(C)(C)c1ccc(OCCN)c(F)c1. The van der Waals surface area contributed by atoms with Crippen LogP contribution in [0.2, 0.25) is 0 Å². The molecule has 0 saturated carbocycles. The Bertz CT molecular complexity index is 331. The van der Waals surface area contributed by atoms with Gasteiger partial charge in [0.15, 0.2) is 11.6 Å². The summed E-state index contributed by atoms with van der Waals surface area (Å²) in [7, 11) is 0. The number of benzene rings is 1. The largest absolute Gasteiger partial charge is 0.489 e. The Morgan fingerprint density at radius 3 is 2.47 bits per heavy atom. The van der Waals surface area contributed by atoms with Gasteiger partial charge in [0.1, 0.15) is 6.61 Å². The lowest BCUT2D eigenvalue weighted by Gasteiger charge is -2.19. The zero-order valence-electron chi connectivity index (χ0n) is 9.51. The second-order valence-electron chi connectivity index (χ2n) is 4.53. The Labute approximate surface area is 90.2 Å². The first-order valence-corrected chi connectivity index (χ1v) is 5.08. The minimum Gasteiger partial charge on any atom is -0.489 e. The average Bonchev–Trinajstić information content (AvgIpc) is 2.14. The van der Waals surface area contributed by atoms with Crippen molar-refractivity contribution in [3.05, 3.63) is 29.6 Å². The molecule has 0 radical (unpaired) electrons. The van der Waals surface area contributed by atoms with Crippen molar-refractivity contribution in [2.24, 2.45) is 5.73 Å². The summed E-state index contributed by atoms with van der Waals surface area (Å²) in [5.74, 6) is -0.0516. The van der Waals surface area contributed by atoms with Gasteiger partial charge in [-0.2, -0.15) is 0 Å². The molecule has 0 heterocycles. The van der Waals surface area contributed by atoms with E-state index >= 15 is 0 Å². The topological polar surface area (TPSA) is 35.2 Å². The van der Waals surface area contributed by atoms with Gasteiger partial charge < -0.3 is 10.5 Å². The Morgan fingerprint density at radius 2 is 2.00 bits per heavy atom. The lowest BCUT2D eigenvalue weighted by Crippen LogP contribution is -2.13. The molecular formula is C12H18FNO. The lowest BCUT2D eigenvalue weighted by molar-refractivity contribution is 0.310. The van der Waals surface area contributed by atoms with Gasteiger partial charge in [-0.25, -0.2) is 4.39 Å². The molecule has 0 spiro atoms. The molecule has 1 rings (SSSR count). The average molecular weight is 211 g/mol. The highest BCUT2D eigenvalue weighted by atomic mass is 19.1. The van der Waals surface area contributed by atoms with E-state index in [2.05, 4.69) is 0 Å². The maximum Gasteiger partial charge on any atom is 0.165 e. The molecule has 0 amide bonds. The molecule has 2 N–H and O–H groups in total. The lowest BCUT2D eigenvalue weighted by atomic mass is 9.87. The maximum absolute atomic E-state index is 13.5. The molecule has 0 unspecified atom stereocenters. The molecule has 0 aromatic heterocycles. The van der Waals surface area contributed by atoms with Crippen LogP contribution in [0.15, 0.2) is 18.2 Å². The van der Waals surface area contributed by atoms with Crippen LogP contribution in [0.4, 0.5) is 4.39 Å². The van der Waals surface area contributed by atoms with Gasteiger partial charge in [0.05, 0.1) is 0 Å². The molecular weight excluding hydrogens is 193 g/mol. The third-order valence-electron chi connectivity index (χ3n) is 2.17. The van der Waals surface area contributed by atoms with Crippen molar-refractivity contribution in [1.29, 1.82) is 0 Å². The molecule has 1 aromatic rings. The third-order valence-corrected chi connectivity index (χ3v) is 2.17. The van der Waals surface area contributed by atoms with Crippen LogP contribution in [0.1, 0.15) is 26.3 Å². The Balaban J connectivity index is 2.88. The van der Waals surface area contributed by atoms with Gasteiger partial charge >= 0.3 is 0 Å². The Morgan fingerprint density at radius 1 is 1.33 bits per heavy atom. The van der Waals surface area contributed by atoms with Crippen LogP contribution < -0.4 is 10.5 Å². The number of halogens is 1. The summed E-state index contributed by atoms with van der Waals surface area (Å²) in [5, 5.41) is 0. The second kappa shape index (κ2) is 4.62. The van der Waals surface area contributed by atoms with E-state index < -0.39 is 0 Å². The second-order valence-corrected chi connectivity index (χ2v) is 4.53. The molecule has 2 nitrogen and oxygen atoms in total. The highest BCUT2D eigenvalue weighted by molar-refractivity contribution is 5.32. The summed E-state index contributed by atoms with van der Waals surface area (Å²) in [6.07, 6.45) is 0. The normalized spacial score (nSPS) is 11.5. The Kier molecular flexibility index (Phi) is 3.69. The minimum atomic E-state index is -0.323. The van der Waals surface area contributed by atoms with Crippen LogP contribution in [0.3, 0.4) is 0 Å². The molecule has 0 aliphatic rings. The van der Waals surface area contributed by atoms with E-state index in [9.17, 15) is 4.39 Å². The zero-order chi connectivity index (χ0) is 11.5. The van der Waals surface area contributed by atoms with Crippen molar-refractivity contribution < 1.29 is 9.13 Å². The third kappa shape index (κ3) is 3.20. The summed E-state index contributed by atoms with van der Waals surface area (Å²) >= 11 is 0. The van der Waals surface area contributed by atoms with Gasteiger partial charge in [0.2, 0.25) is 0 Å². The fourth-order valence-electron chi connectivity index (χ4n) is 1.25. The fourth-order valence-corrected chi connectivity index (χ4v) is 1.25. The number of rotatable bonds is 3. The predicted molar refractivity (Wildman–Crippen MR) is 59.6 cm³/mol. The molecule has 1 aromatic carbocycles. The van der Waals surface area contributed by atoms with Crippen LogP contribution in [0.5, 0.6) is 5.75 Å². The number of hydrogen-bond acceptors (Lipinski definition) is 2. The molecule has 3 heteroatoms. The van der Waals surface area contributed by atoms with Gasteiger partial charge in [0, 0.05) is 6.54 Å². The molecule has 15 heavy (non-hydrogen) atoms. The molecule has 0 saturated heterocycles. The molecule has 0 aliphatic carbocycles. The van der Waals surface area contributed by atoms with Crippen LogP contribution in [0.25, 0.3) is 0 Å². The molecule has 0 fully saturated rings. The van der Waals surface area contributed by atoms with E-state index in [4.69, 9.17) is 10.5 Å². The fraction of sp³-hybridized carbons (Fsp3) is 0.500. The van der Waals surface area contributed by atoms with Gasteiger partial charge in [0.25, 0.3) is 0 Å². The molecule has 0 aliphatic heterocycles. The number of ether oxygens (including phenoxy) is 1. The quantitative estimate of drug-likeness (QED) is 0.833. The smallest absolute Gasteiger partial charge is 0.165 e. The van der Waals surface area contributed by atoms with Crippen LogP contribution in [-0.2, 0) is 5.41 Å². The predicted octanol–water partition coefficient (Wildman–Crippen LogP) is 2.46. The zero-order valence-corrected chi connectivity index (χ0v) is 9.51. The standard InChI is InChI=1S/C12H18FNO/c1-12(2,3)9-4-5-11(10(13)8-9)15-7-6-14/h4-5,8H,6-7,14H2,1-3H3. The molecule has 0 bridgehead atoms. The van der Waals surface area contributed by atoms with E-state index in [1.54, 1.807) is 6.07 Å². The first-order valence-electron chi connectivity index (χ1n) is 5.08. The van der Waals surface area contributed by atoms with Crippen LogP contribution in [0, 0.1) is 5.82 Å². The number of hydrogen-bond donors (Lipinski definition) is 1. The van der Waals surface area contributed by atoms with Crippen molar-refractivity contribution in [3.8, 4) is 5.75 Å².